The minimum atomic E-state index is -4.30. The number of hydrogen-bond donors (Lipinski definition) is 2. The Labute approximate surface area is 212 Å². The number of primary sulfonamides is 1. The summed E-state index contributed by atoms with van der Waals surface area (Å²) in [7, 11) is -2.99. The lowest BCUT2D eigenvalue weighted by Gasteiger charge is -2.32. The van der Waals surface area contributed by atoms with Crippen molar-refractivity contribution in [3.8, 4) is 5.75 Å². The van der Waals surface area contributed by atoms with Gasteiger partial charge in [0, 0.05) is 31.0 Å². The first-order chi connectivity index (χ1) is 17.1. The Hall–Kier alpha value is -3.28. The maximum atomic E-state index is 14.2. The van der Waals surface area contributed by atoms with Gasteiger partial charge in [-0.1, -0.05) is 23.7 Å². The predicted octanol–water partition coefficient (Wildman–Crippen LogP) is 4.43. The zero-order valence-electron chi connectivity index (χ0n) is 19.2. The summed E-state index contributed by atoms with van der Waals surface area (Å²) < 4.78 is 56.4. The van der Waals surface area contributed by atoms with Crippen molar-refractivity contribution in [2.75, 3.05) is 25.5 Å². The Balaban J connectivity index is 1.63. The zero-order valence-corrected chi connectivity index (χ0v) is 20.7. The molecule has 3 N–H and O–H groups in total. The fourth-order valence-corrected chi connectivity index (χ4v) is 5.23. The van der Waals surface area contributed by atoms with Crippen LogP contribution in [0.5, 0.6) is 5.75 Å². The van der Waals surface area contributed by atoms with Gasteiger partial charge >= 0.3 is 0 Å². The second kappa shape index (κ2) is 10.4. The molecule has 0 bridgehead atoms. The number of rotatable bonds is 6. The molecule has 1 aliphatic heterocycles. The Morgan fingerprint density at radius 2 is 1.83 bits per heavy atom. The lowest BCUT2D eigenvalue weighted by Crippen LogP contribution is -2.38. The average molecular weight is 537 g/mol. The number of nitrogens with two attached hydrogens (primary N) is 1. The minimum absolute atomic E-state index is 0.00357. The number of hydrogen-bond acceptors (Lipinski definition) is 6. The van der Waals surface area contributed by atoms with E-state index >= 15 is 0 Å². The molecule has 0 saturated carbocycles. The van der Waals surface area contributed by atoms with Crippen LogP contribution in [0.25, 0.3) is 0 Å². The van der Waals surface area contributed by atoms with Crippen LogP contribution >= 0.6 is 11.6 Å². The number of nitrogens with zero attached hydrogens (tertiary/aromatic N) is 2. The van der Waals surface area contributed by atoms with Gasteiger partial charge in [-0.05, 0) is 48.6 Å². The number of halogens is 3. The number of aromatic nitrogens is 1. The van der Waals surface area contributed by atoms with Crippen molar-refractivity contribution in [1.82, 2.24) is 9.88 Å². The Bertz CT molecular complexity index is 1400. The maximum absolute atomic E-state index is 14.2. The summed E-state index contributed by atoms with van der Waals surface area (Å²) in [6, 6.07) is 10.3. The van der Waals surface area contributed by atoms with Crippen LogP contribution in [0.2, 0.25) is 5.02 Å². The summed E-state index contributed by atoms with van der Waals surface area (Å²) in [5.74, 6) is -1.24. The molecule has 0 unspecified atom stereocenters. The third kappa shape index (κ3) is 5.43. The number of piperidine rings is 1. The van der Waals surface area contributed by atoms with Crippen molar-refractivity contribution in [3.63, 3.8) is 0 Å². The highest BCUT2D eigenvalue weighted by Crippen LogP contribution is 2.36. The maximum Gasteiger partial charge on any atom is 0.257 e. The van der Waals surface area contributed by atoms with Gasteiger partial charge in [0.05, 0.1) is 18.4 Å². The third-order valence-electron chi connectivity index (χ3n) is 6.03. The normalized spacial score (nSPS) is 14.5. The van der Waals surface area contributed by atoms with Crippen molar-refractivity contribution in [2.24, 2.45) is 5.14 Å². The highest BCUT2D eigenvalue weighted by Gasteiger charge is 2.29. The first kappa shape index (κ1) is 25.8. The summed E-state index contributed by atoms with van der Waals surface area (Å²) in [5, 5.41) is 7.06. The second-order valence-corrected chi connectivity index (χ2v) is 10.2. The first-order valence-corrected chi connectivity index (χ1v) is 12.9. The molecule has 0 atom stereocenters. The van der Waals surface area contributed by atoms with E-state index in [0.29, 0.717) is 25.9 Å². The molecule has 0 spiro atoms. The number of methoxy groups -OCH3 is 1. The molecule has 1 amide bonds. The standard InChI is InChI=1S/C24H23ClF2N4O4S/c1-35-20-7-6-17(12-19(20)27)30-22-18(13-29-23(21(22)25)36(28,33)34)24(32)31-10-8-15(9-11-31)14-2-4-16(26)5-3-14/h2-7,12-13,15H,8-11H2,1H3,(H,29,30)(H2,28,33,34). The largest absolute Gasteiger partial charge is 0.494 e. The van der Waals surface area contributed by atoms with Gasteiger partial charge in [-0.2, -0.15) is 0 Å². The summed E-state index contributed by atoms with van der Waals surface area (Å²) in [4.78, 5) is 18.9. The highest BCUT2D eigenvalue weighted by molar-refractivity contribution is 7.89. The van der Waals surface area contributed by atoms with Crippen LogP contribution in [0.15, 0.2) is 53.7 Å². The summed E-state index contributed by atoms with van der Waals surface area (Å²) in [5.41, 5.74) is 1.13. The van der Waals surface area contributed by atoms with Gasteiger partial charge in [-0.3, -0.25) is 4.79 Å². The number of ether oxygens (including phenoxy) is 1. The fourth-order valence-electron chi connectivity index (χ4n) is 4.16. The molecule has 3 aromatic rings. The summed E-state index contributed by atoms with van der Waals surface area (Å²) in [6.07, 6.45) is 2.39. The van der Waals surface area contributed by atoms with E-state index in [0.717, 1.165) is 17.8 Å². The first-order valence-electron chi connectivity index (χ1n) is 10.9. The fraction of sp³-hybridized carbons (Fsp3) is 0.250. The van der Waals surface area contributed by atoms with Crippen molar-refractivity contribution in [1.29, 1.82) is 0 Å². The summed E-state index contributed by atoms with van der Waals surface area (Å²) >= 11 is 6.34. The minimum Gasteiger partial charge on any atom is -0.494 e. The Morgan fingerprint density at radius 1 is 1.17 bits per heavy atom. The average Bonchev–Trinajstić information content (AvgIpc) is 2.85. The van der Waals surface area contributed by atoms with E-state index in [-0.39, 0.29) is 39.4 Å². The molecule has 4 rings (SSSR count). The predicted molar refractivity (Wildman–Crippen MR) is 131 cm³/mol. The number of benzene rings is 2. The molecule has 190 valence electrons. The van der Waals surface area contributed by atoms with Crippen LogP contribution in [-0.4, -0.2) is 44.4 Å². The van der Waals surface area contributed by atoms with Gasteiger partial charge in [0.2, 0.25) is 0 Å². The SMILES string of the molecule is COc1ccc(Nc2c(C(=O)N3CCC(c4ccc(F)cc4)CC3)cnc(S(N)(=O)=O)c2Cl)cc1F. The molecule has 0 radical (unpaired) electrons. The molecule has 8 nitrogen and oxygen atoms in total. The van der Waals surface area contributed by atoms with Gasteiger partial charge in [-0.25, -0.2) is 27.3 Å². The van der Waals surface area contributed by atoms with E-state index < -0.39 is 26.8 Å². The van der Waals surface area contributed by atoms with Crippen LogP contribution < -0.4 is 15.2 Å². The van der Waals surface area contributed by atoms with Crippen molar-refractivity contribution in [3.05, 3.63) is 76.4 Å². The molecule has 1 fully saturated rings. The molecule has 36 heavy (non-hydrogen) atoms. The van der Waals surface area contributed by atoms with Crippen LogP contribution in [0.1, 0.15) is 34.7 Å². The number of amides is 1. The molecular formula is C24H23ClF2N4O4S. The van der Waals surface area contributed by atoms with Crippen molar-refractivity contribution in [2.45, 2.75) is 23.8 Å². The molecule has 1 aromatic heterocycles. The van der Waals surface area contributed by atoms with Crippen molar-refractivity contribution < 1.29 is 26.7 Å². The number of carbonyl (C=O) groups is 1. The highest BCUT2D eigenvalue weighted by atomic mass is 35.5. The zero-order chi connectivity index (χ0) is 26.0. The quantitative estimate of drug-likeness (QED) is 0.481. The van der Waals surface area contributed by atoms with E-state index in [1.54, 1.807) is 17.0 Å². The van der Waals surface area contributed by atoms with Gasteiger partial charge < -0.3 is 15.0 Å². The molecule has 0 aliphatic carbocycles. The molecule has 1 saturated heterocycles. The molecule has 1 aliphatic rings. The van der Waals surface area contributed by atoms with Gasteiger partial charge in [0.15, 0.2) is 16.6 Å². The number of nitrogens with one attached hydrogen (secondary N) is 1. The van der Waals surface area contributed by atoms with E-state index in [4.69, 9.17) is 21.5 Å². The van der Waals surface area contributed by atoms with Gasteiger partial charge in [0.25, 0.3) is 15.9 Å². The van der Waals surface area contributed by atoms with Gasteiger partial charge in [-0.15, -0.1) is 0 Å². The Morgan fingerprint density at radius 3 is 2.42 bits per heavy atom. The van der Waals surface area contributed by atoms with Crippen LogP contribution in [-0.2, 0) is 10.0 Å². The molecular weight excluding hydrogens is 514 g/mol. The number of sulfonamides is 1. The van der Waals surface area contributed by atoms with Crippen LogP contribution in [0, 0.1) is 11.6 Å². The summed E-state index contributed by atoms with van der Waals surface area (Å²) in [6.45, 7) is 0.818. The van der Waals surface area contributed by atoms with Crippen LogP contribution in [0.3, 0.4) is 0 Å². The lowest BCUT2D eigenvalue weighted by molar-refractivity contribution is 0.0713. The van der Waals surface area contributed by atoms with Gasteiger partial charge in [0.1, 0.15) is 10.8 Å². The number of carbonyl (C=O) groups excluding carboxylic acids is 1. The smallest absolute Gasteiger partial charge is 0.257 e. The third-order valence-corrected chi connectivity index (χ3v) is 7.36. The molecule has 12 heteroatoms. The molecule has 2 heterocycles. The molecule has 2 aromatic carbocycles. The van der Waals surface area contributed by atoms with E-state index in [1.807, 2.05) is 0 Å². The number of anilines is 2. The van der Waals surface area contributed by atoms with E-state index in [9.17, 15) is 22.0 Å². The lowest BCUT2D eigenvalue weighted by atomic mass is 9.89. The van der Waals surface area contributed by atoms with E-state index in [1.165, 1.54) is 31.4 Å². The topological polar surface area (TPSA) is 115 Å². The van der Waals surface area contributed by atoms with Crippen molar-refractivity contribution >= 4 is 38.9 Å². The number of likely N-dealkylation sites (tertiary alicyclic amines) is 1. The Kier molecular flexibility index (Phi) is 7.43. The number of pyridine rings is 1. The van der Waals surface area contributed by atoms with Crippen LogP contribution in [0.4, 0.5) is 20.2 Å². The van der Waals surface area contributed by atoms with E-state index in [2.05, 4.69) is 10.3 Å². The monoisotopic (exact) mass is 536 g/mol. The second-order valence-electron chi connectivity index (χ2n) is 8.30.